The van der Waals surface area contributed by atoms with Crippen molar-refractivity contribution >= 4 is 5.91 Å². The largest absolute Gasteiger partial charge is 0.394 e. The summed E-state index contributed by atoms with van der Waals surface area (Å²) in [6.45, 7) is 1.72. The summed E-state index contributed by atoms with van der Waals surface area (Å²) in [4.78, 5) is 13.4. The van der Waals surface area contributed by atoms with Gasteiger partial charge < -0.3 is 89.9 Å². The van der Waals surface area contributed by atoms with Gasteiger partial charge in [-0.25, -0.2) is 0 Å². The number of carbonyl (C=O) groups is 1. The number of rotatable bonds is 50. The Kier molecular flexibility index (Phi) is 43.5. The molecule has 1 amide bonds. The Bertz CT molecular complexity index is 1670. The molecule has 0 radical (unpaired) electrons. The van der Waals surface area contributed by atoms with Gasteiger partial charge in [0, 0.05) is 6.42 Å². The molecule has 0 aromatic rings. The van der Waals surface area contributed by atoms with Crippen LogP contribution in [0.2, 0.25) is 0 Å². The zero-order valence-electron chi connectivity index (χ0n) is 51.6. The molecule has 492 valence electrons. The number of hydrogen-bond acceptors (Lipinski definition) is 18. The summed E-state index contributed by atoms with van der Waals surface area (Å²) in [6.07, 6.45) is 27.0. The highest BCUT2D eigenvalue weighted by Gasteiger charge is 2.53. The van der Waals surface area contributed by atoms with Crippen LogP contribution in [0, 0.1) is 0 Å². The fourth-order valence-corrected chi connectivity index (χ4v) is 11.2. The zero-order chi connectivity index (χ0) is 61.2. The van der Waals surface area contributed by atoms with Crippen molar-refractivity contribution in [2.45, 2.75) is 343 Å². The van der Waals surface area contributed by atoms with Crippen LogP contribution in [0.3, 0.4) is 0 Å². The number of nitrogens with one attached hydrogen (secondary N) is 1. The van der Waals surface area contributed by atoms with Crippen LogP contribution >= 0.6 is 0 Å². The van der Waals surface area contributed by atoms with Gasteiger partial charge in [-0.3, -0.25) is 4.79 Å². The van der Waals surface area contributed by atoms with E-state index in [-0.39, 0.29) is 18.9 Å². The van der Waals surface area contributed by atoms with Crippen molar-refractivity contribution in [3.05, 3.63) is 36.5 Å². The van der Waals surface area contributed by atoms with E-state index >= 15 is 0 Å². The number of hydrogen-bond donors (Lipinski definition) is 12. The van der Waals surface area contributed by atoms with Gasteiger partial charge in [0.15, 0.2) is 18.9 Å². The molecule has 3 aliphatic rings. The van der Waals surface area contributed by atoms with Gasteiger partial charge >= 0.3 is 0 Å². The first-order chi connectivity index (χ1) is 40.8. The van der Waals surface area contributed by atoms with E-state index in [4.69, 9.17) is 28.4 Å². The standard InChI is InChI=1S/C65H119NO18/c1-3-5-7-9-11-13-15-17-19-21-22-23-24-25-26-27-28-30-32-34-36-38-40-42-49(70)48(66-53(71)43-41-39-37-35-33-31-29-20-18-16-14-12-10-8-6-4-2)47-79-63-59(77)56(74)61(51(45-68)81-63)84-65-60(78)57(75)62(52(46-69)82-65)83-64-58(76)55(73)54(72)50(44-67)80-64/h26-27,32,34,40,42,48-52,54-65,67-70,72-78H,3-25,28-31,33,35-39,41,43-47H2,1-2H3,(H,66,71)/b27-26+,34-32+,42-40+. The number of aliphatic hydroxyl groups is 11. The van der Waals surface area contributed by atoms with E-state index in [1.807, 2.05) is 6.08 Å². The second-order valence-electron chi connectivity index (χ2n) is 23.9. The number of amides is 1. The number of allylic oxidation sites excluding steroid dienone is 5. The summed E-state index contributed by atoms with van der Waals surface area (Å²) in [6, 6.07) is -0.993. The Hall–Kier alpha value is -1.99. The predicted molar refractivity (Wildman–Crippen MR) is 323 cm³/mol. The van der Waals surface area contributed by atoms with E-state index in [9.17, 15) is 61.0 Å². The molecular weight excluding hydrogens is 1080 g/mol. The molecule has 12 N–H and O–H groups in total. The Labute approximate surface area is 504 Å². The summed E-state index contributed by atoms with van der Waals surface area (Å²) in [7, 11) is 0. The van der Waals surface area contributed by atoms with Crippen LogP contribution in [0.5, 0.6) is 0 Å². The van der Waals surface area contributed by atoms with Crippen molar-refractivity contribution in [1.82, 2.24) is 5.32 Å². The van der Waals surface area contributed by atoms with Crippen molar-refractivity contribution < 1.29 is 89.4 Å². The fraction of sp³-hybridized carbons (Fsp3) is 0.892. The van der Waals surface area contributed by atoms with Crippen LogP contribution in [-0.4, -0.2) is 193 Å². The van der Waals surface area contributed by atoms with Gasteiger partial charge in [0.25, 0.3) is 0 Å². The minimum Gasteiger partial charge on any atom is -0.394 e. The smallest absolute Gasteiger partial charge is 0.220 e. The maximum atomic E-state index is 13.4. The molecule has 17 unspecified atom stereocenters. The molecule has 3 aliphatic heterocycles. The van der Waals surface area contributed by atoms with E-state index in [2.05, 4.69) is 43.5 Å². The Morgan fingerprint density at radius 3 is 1.19 bits per heavy atom. The normalized spacial score (nSPS) is 29.4. The summed E-state index contributed by atoms with van der Waals surface area (Å²) < 4.78 is 34.3. The molecule has 0 saturated carbocycles. The molecule has 84 heavy (non-hydrogen) atoms. The SMILES string of the molecule is CCCCCCCCCCCCCCC/C=C/CC/C=C/CC/C=C/C(O)C(COC1OC(CO)C(OC2OC(CO)C(OC3OC(CO)C(O)C(O)C3O)C(O)C2O)C(O)C1O)NC(=O)CCCCCCCCCCCCCCCCCC. The lowest BCUT2D eigenvalue weighted by Crippen LogP contribution is -2.66. The fourth-order valence-electron chi connectivity index (χ4n) is 11.2. The Morgan fingerprint density at radius 2 is 0.762 bits per heavy atom. The van der Waals surface area contributed by atoms with E-state index in [1.54, 1.807) is 6.08 Å². The van der Waals surface area contributed by atoms with Crippen LogP contribution in [0.15, 0.2) is 36.5 Å². The maximum absolute atomic E-state index is 13.4. The van der Waals surface area contributed by atoms with Crippen LogP contribution in [-0.2, 0) is 33.2 Å². The average Bonchev–Trinajstić information content (AvgIpc) is 3.65. The molecule has 3 rings (SSSR count). The topological polar surface area (TPSA) is 307 Å². The van der Waals surface area contributed by atoms with E-state index in [0.29, 0.717) is 12.8 Å². The third-order valence-electron chi connectivity index (χ3n) is 16.7. The molecule has 19 heteroatoms. The second-order valence-corrected chi connectivity index (χ2v) is 23.9. The van der Waals surface area contributed by atoms with Crippen molar-refractivity contribution in [2.75, 3.05) is 26.4 Å². The van der Waals surface area contributed by atoms with Crippen LogP contribution in [0.4, 0.5) is 0 Å². The van der Waals surface area contributed by atoms with Gasteiger partial charge in [0.1, 0.15) is 73.2 Å². The highest BCUT2D eigenvalue weighted by Crippen LogP contribution is 2.33. The summed E-state index contributed by atoms with van der Waals surface area (Å²) in [5, 5.41) is 120. The van der Waals surface area contributed by atoms with Gasteiger partial charge in [0.2, 0.25) is 5.91 Å². The predicted octanol–water partition coefficient (Wildman–Crippen LogP) is 7.66. The van der Waals surface area contributed by atoms with Gasteiger partial charge in [-0.15, -0.1) is 0 Å². The third-order valence-corrected chi connectivity index (χ3v) is 16.7. The summed E-state index contributed by atoms with van der Waals surface area (Å²) in [5.41, 5.74) is 0. The maximum Gasteiger partial charge on any atom is 0.220 e. The molecule has 0 bridgehead atoms. The van der Waals surface area contributed by atoms with Crippen LogP contribution < -0.4 is 5.32 Å². The first-order valence-electron chi connectivity index (χ1n) is 33.2. The van der Waals surface area contributed by atoms with E-state index < -0.39 is 124 Å². The molecule has 3 fully saturated rings. The minimum absolute atomic E-state index is 0.235. The molecular formula is C65H119NO18. The lowest BCUT2D eigenvalue weighted by molar-refractivity contribution is -0.379. The molecule has 19 nitrogen and oxygen atoms in total. The highest BCUT2D eigenvalue weighted by atomic mass is 16.8. The molecule has 0 spiro atoms. The molecule has 0 aromatic carbocycles. The van der Waals surface area contributed by atoms with Crippen molar-refractivity contribution in [2.24, 2.45) is 0 Å². The van der Waals surface area contributed by atoms with Crippen molar-refractivity contribution in [1.29, 1.82) is 0 Å². The Morgan fingerprint density at radius 1 is 0.417 bits per heavy atom. The third kappa shape index (κ3) is 30.5. The van der Waals surface area contributed by atoms with Crippen LogP contribution in [0.25, 0.3) is 0 Å². The molecule has 17 atom stereocenters. The van der Waals surface area contributed by atoms with Crippen molar-refractivity contribution in [3.8, 4) is 0 Å². The lowest BCUT2D eigenvalue weighted by Gasteiger charge is -2.48. The monoisotopic (exact) mass is 1200 g/mol. The molecule has 0 aromatic heterocycles. The van der Waals surface area contributed by atoms with Crippen LogP contribution in [0.1, 0.15) is 239 Å². The molecule has 0 aliphatic carbocycles. The highest BCUT2D eigenvalue weighted by molar-refractivity contribution is 5.76. The van der Waals surface area contributed by atoms with Gasteiger partial charge in [-0.05, 0) is 44.9 Å². The quantitative estimate of drug-likeness (QED) is 0.0205. The van der Waals surface area contributed by atoms with Crippen molar-refractivity contribution in [3.63, 3.8) is 0 Å². The second kappa shape index (κ2) is 47.9. The number of ether oxygens (including phenoxy) is 6. The van der Waals surface area contributed by atoms with Gasteiger partial charge in [-0.1, -0.05) is 224 Å². The summed E-state index contributed by atoms with van der Waals surface area (Å²) in [5.74, 6) is -0.287. The lowest BCUT2D eigenvalue weighted by atomic mass is 9.96. The van der Waals surface area contributed by atoms with E-state index in [1.165, 1.54) is 161 Å². The van der Waals surface area contributed by atoms with E-state index in [0.717, 1.165) is 44.9 Å². The first-order valence-corrected chi connectivity index (χ1v) is 33.2. The number of carbonyl (C=O) groups excluding carboxylic acids is 1. The molecule has 3 heterocycles. The molecule has 3 saturated heterocycles. The average molecular weight is 1200 g/mol. The van der Waals surface area contributed by atoms with Gasteiger partial charge in [-0.2, -0.15) is 0 Å². The minimum atomic E-state index is -1.98. The number of aliphatic hydroxyl groups excluding tert-OH is 11. The number of unbranched alkanes of at least 4 members (excludes halogenated alkanes) is 30. The first kappa shape index (κ1) is 76.3. The Balaban J connectivity index is 1.48. The summed E-state index contributed by atoms with van der Waals surface area (Å²) >= 11 is 0. The van der Waals surface area contributed by atoms with Gasteiger partial charge in [0.05, 0.1) is 38.6 Å². The zero-order valence-corrected chi connectivity index (χ0v) is 51.6.